The maximum absolute atomic E-state index is 11.6. The van der Waals surface area contributed by atoms with Crippen LogP contribution in [0, 0.1) is 0 Å². The summed E-state index contributed by atoms with van der Waals surface area (Å²) in [6.45, 7) is 1.91. The molecule has 4 heteroatoms. The van der Waals surface area contributed by atoms with E-state index in [2.05, 4.69) is 5.32 Å². The number of nitrogens with one attached hydrogen (secondary N) is 1. The Morgan fingerprint density at radius 1 is 1.50 bits per heavy atom. The van der Waals surface area contributed by atoms with E-state index in [9.17, 15) is 9.90 Å². The minimum Gasteiger partial charge on any atom is -0.508 e. The Balaban J connectivity index is 2.49. The quantitative estimate of drug-likeness (QED) is 0.776. The molecule has 0 aliphatic heterocycles. The third kappa shape index (κ3) is 4.11. The van der Waals surface area contributed by atoms with E-state index >= 15 is 0 Å². The summed E-state index contributed by atoms with van der Waals surface area (Å²) >= 11 is 5.57. The Morgan fingerprint density at radius 3 is 2.81 bits per heavy atom. The van der Waals surface area contributed by atoms with Gasteiger partial charge in [0, 0.05) is 17.5 Å². The van der Waals surface area contributed by atoms with Gasteiger partial charge in [-0.05, 0) is 19.4 Å². The van der Waals surface area contributed by atoms with Crippen LogP contribution in [0.2, 0.25) is 0 Å². The fraction of sp³-hybridized carbons (Fsp3) is 0.417. The van der Waals surface area contributed by atoms with Crippen LogP contribution in [0.15, 0.2) is 24.3 Å². The fourth-order valence-electron chi connectivity index (χ4n) is 1.39. The molecule has 1 rings (SSSR count). The van der Waals surface area contributed by atoms with E-state index in [0.29, 0.717) is 11.4 Å². The van der Waals surface area contributed by atoms with Crippen molar-refractivity contribution in [3.8, 4) is 5.75 Å². The van der Waals surface area contributed by atoms with Gasteiger partial charge >= 0.3 is 0 Å². The lowest BCUT2D eigenvalue weighted by molar-refractivity contribution is -0.121. The van der Waals surface area contributed by atoms with Gasteiger partial charge in [-0.3, -0.25) is 4.79 Å². The third-order valence-electron chi connectivity index (χ3n) is 2.29. The highest BCUT2D eigenvalue weighted by molar-refractivity contribution is 6.17. The molecule has 1 atom stereocenters. The Bertz CT molecular complexity index is 355. The average molecular weight is 242 g/mol. The minimum absolute atomic E-state index is 0.0656. The minimum atomic E-state index is -0.0980. The molecule has 0 saturated carbocycles. The van der Waals surface area contributed by atoms with E-state index in [4.69, 9.17) is 11.6 Å². The number of benzene rings is 1. The first-order valence-corrected chi connectivity index (χ1v) is 5.79. The molecule has 0 aromatic heterocycles. The molecule has 88 valence electrons. The van der Waals surface area contributed by atoms with Crippen LogP contribution >= 0.6 is 11.6 Å². The molecule has 0 spiro atoms. The number of phenolic OH excluding ortho intramolecular Hbond substituents is 1. The molecule has 1 aromatic carbocycles. The van der Waals surface area contributed by atoms with Gasteiger partial charge in [-0.15, -0.1) is 11.6 Å². The highest BCUT2D eigenvalue weighted by atomic mass is 35.5. The van der Waals surface area contributed by atoms with Crippen molar-refractivity contribution in [2.45, 2.75) is 25.8 Å². The molecule has 16 heavy (non-hydrogen) atoms. The first-order valence-electron chi connectivity index (χ1n) is 5.25. The molecule has 0 radical (unpaired) electrons. The maximum Gasteiger partial charge on any atom is 0.224 e. The van der Waals surface area contributed by atoms with Crippen LogP contribution in [0.25, 0.3) is 0 Å². The molecule has 1 amide bonds. The summed E-state index contributed by atoms with van der Waals surface area (Å²) in [5, 5.41) is 12.3. The normalized spacial score (nSPS) is 12.1. The second-order valence-electron chi connectivity index (χ2n) is 3.75. The summed E-state index contributed by atoms with van der Waals surface area (Å²) in [5.74, 6) is 0.583. The summed E-state index contributed by atoms with van der Waals surface area (Å²) < 4.78 is 0. The zero-order valence-electron chi connectivity index (χ0n) is 9.24. The van der Waals surface area contributed by atoms with Crippen molar-refractivity contribution < 1.29 is 9.90 Å². The molecular weight excluding hydrogens is 226 g/mol. The third-order valence-corrected chi connectivity index (χ3v) is 2.51. The van der Waals surface area contributed by atoms with Crippen LogP contribution in [0.1, 0.15) is 18.9 Å². The summed E-state index contributed by atoms with van der Waals surface area (Å²) in [4.78, 5) is 11.6. The van der Waals surface area contributed by atoms with Crippen molar-refractivity contribution in [1.29, 1.82) is 0 Å². The van der Waals surface area contributed by atoms with E-state index in [1.165, 1.54) is 0 Å². The van der Waals surface area contributed by atoms with Gasteiger partial charge in [0.2, 0.25) is 5.91 Å². The summed E-state index contributed by atoms with van der Waals surface area (Å²) in [7, 11) is 0. The van der Waals surface area contributed by atoms with E-state index in [-0.39, 0.29) is 24.1 Å². The number of para-hydroxylation sites is 1. The lowest BCUT2D eigenvalue weighted by Crippen LogP contribution is -2.33. The number of rotatable bonds is 5. The predicted molar refractivity (Wildman–Crippen MR) is 64.8 cm³/mol. The first-order chi connectivity index (χ1) is 7.63. The molecule has 1 aromatic rings. The molecular formula is C12H16ClNO2. The van der Waals surface area contributed by atoms with Gasteiger partial charge in [0.1, 0.15) is 5.75 Å². The van der Waals surface area contributed by atoms with Gasteiger partial charge in [0.25, 0.3) is 0 Å². The van der Waals surface area contributed by atoms with Crippen LogP contribution in [-0.2, 0) is 11.2 Å². The maximum atomic E-state index is 11.6. The van der Waals surface area contributed by atoms with Gasteiger partial charge in [-0.2, -0.15) is 0 Å². The van der Waals surface area contributed by atoms with Gasteiger partial charge in [0.15, 0.2) is 0 Å². The van der Waals surface area contributed by atoms with Crippen LogP contribution in [0.3, 0.4) is 0 Å². The van der Waals surface area contributed by atoms with E-state index in [1.807, 2.05) is 6.92 Å². The SMILES string of the molecule is CC(CCCl)NC(=O)Cc1ccccc1O. The molecule has 0 saturated heterocycles. The molecule has 1 unspecified atom stereocenters. The van der Waals surface area contributed by atoms with Crippen LogP contribution < -0.4 is 5.32 Å². The average Bonchev–Trinajstić information content (AvgIpc) is 2.21. The zero-order valence-corrected chi connectivity index (χ0v) is 10.00. The van der Waals surface area contributed by atoms with Gasteiger partial charge < -0.3 is 10.4 Å². The van der Waals surface area contributed by atoms with Gasteiger partial charge in [-0.25, -0.2) is 0 Å². The number of amides is 1. The summed E-state index contributed by atoms with van der Waals surface area (Å²) in [6, 6.07) is 6.90. The van der Waals surface area contributed by atoms with Crippen molar-refractivity contribution in [2.75, 3.05) is 5.88 Å². The van der Waals surface area contributed by atoms with Crippen molar-refractivity contribution in [2.24, 2.45) is 0 Å². The Labute approximate surface area is 100 Å². The van der Waals surface area contributed by atoms with Gasteiger partial charge in [-0.1, -0.05) is 18.2 Å². The number of carbonyl (C=O) groups excluding carboxylic acids is 1. The van der Waals surface area contributed by atoms with Crippen molar-refractivity contribution in [3.63, 3.8) is 0 Å². The number of halogens is 1. The van der Waals surface area contributed by atoms with E-state index in [1.54, 1.807) is 24.3 Å². The van der Waals surface area contributed by atoms with Gasteiger partial charge in [0.05, 0.1) is 6.42 Å². The smallest absolute Gasteiger partial charge is 0.224 e. The number of phenols is 1. The number of alkyl halides is 1. The number of aromatic hydroxyl groups is 1. The highest BCUT2D eigenvalue weighted by Crippen LogP contribution is 2.15. The zero-order chi connectivity index (χ0) is 12.0. The van der Waals surface area contributed by atoms with Crippen molar-refractivity contribution in [1.82, 2.24) is 5.32 Å². The van der Waals surface area contributed by atoms with E-state index in [0.717, 1.165) is 6.42 Å². The highest BCUT2D eigenvalue weighted by Gasteiger charge is 2.09. The number of hydrogen-bond acceptors (Lipinski definition) is 2. The molecule has 3 nitrogen and oxygen atoms in total. The largest absolute Gasteiger partial charge is 0.508 e. The topological polar surface area (TPSA) is 49.3 Å². The molecule has 2 N–H and O–H groups in total. The lowest BCUT2D eigenvalue weighted by atomic mass is 10.1. The first kappa shape index (κ1) is 12.8. The predicted octanol–water partition coefficient (Wildman–Crippen LogP) is 2.07. The van der Waals surface area contributed by atoms with Crippen LogP contribution in [-0.4, -0.2) is 22.9 Å². The van der Waals surface area contributed by atoms with Crippen LogP contribution in [0.5, 0.6) is 5.75 Å². The Morgan fingerprint density at radius 2 is 2.19 bits per heavy atom. The molecule has 0 aliphatic rings. The molecule has 0 fully saturated rings. The molecule has 0 aliphatic carbocycles. The van der Waals surface area contributed by atoms with Crippen LogP contribution in [0.4, 0.5) is 0 Å². The standard InChI is InChI=1S/C12H16ClNO2/c1-9(6-7-13)14-12(16)8-10-4-2-3-5-11(10)15/h2-5,9,15H,6-8H2,1H3,(H,14,16). The summed E-state index contributed by atoms with van der Waals surface area (Å²) in [5.41, 5.74) is 0.637. The second kappa shape index (κ2) is 6.38. The Kier molecular flexibility index (Phi) is 5.12. The van der Waals surface area contributed by atoms with E-state index < -0.39 is 0 Å². The number of carbonyl (C=O) groups is 1. The van der Waals surface area contributed by atoms with Crippen molar-refractivity contribution in [3.05, 3.63) is 29.8 Å². The molecule has 0 heterocycles. The number of hydrogen-bond donors (Lipinski definition) is 2. The molecule has 0 bridgehead atoms. The summed E-state index contributed by atoms with van der Waals surface area (Å²) in [6.07, 6.45) is 0.938. The van der Waals surface area contributed by atoms with Crippen molar-refractivity contribution >= 4 is 17.5 Å². The lowest BCUT2D eigenvalue weighted by Gasteiger charge is -2.12. The second-order valence-corrected chi connectivity index (χ2v) is 4.13. The Hall–Kier alpha value is -1.22. The monoisotopic (exact) mass is 241 g/mol. The fourth-order valence-corrected chi connectivity index (χ4v) is 1.72.